The molecule has 0 fully saturated rings. The molecule has 0 spiro atoms. The first kappa shape index (κ1) is 14.5. The minimum Gasteiger partial charge on any atom is -0.478 e. The molecule has 21 heavy (non-hydrogen) atoms. The highest BCUT2D eigenvalue weighted by atomic mass is 16.4. The lowest BCUT2D eigenvalue weighted by Gasteiger charge is -2.05. The summed E-state index contributed by atoms with van der Waals surface area (Å²) in [4.78, 5) is 22.9. The highest BCUT2D eigenvalue weighted by Gasteiger charge is 2.10. The fraction of sp³-hybridized carbons (Fsp3) is 0.133. The molecule has 0 saturated heterocycles. The van der Waals surface area contributed by atoms with Crippen molar-refractivity contribution < 1.29 is 14.7 Å². The number of hydrogen-bond acceptors (Lipinski definition) is 3. The molecule has 1 aromatic heterocycles. The number of anilines is 1. The molecule has 6 nitrogen and oxygen atoms in total. The van der Waals surface area contributed by atoms with Gasteiger partial charge in [-0.25, -0.2) is 4.79 Å². The zero-order valence-electron chi connectivity index (χ0n) is 11.7. The van der Waals surface area contributed by atoms with E-state index in [4.69, 9.17) is 5.11 Å². The minimum atomic E-state index is -1.09. The molecule has 1 heterocycles. The average Bonchev–Trinajstić information content (AvgIpc) is 2.75. The van der Waals surface area contributed by atoms with Crippen LogP contribution >= 0.6 is 0 Å². The molecule has 0 aliphatic heterocycles. The molecule has 0 radical (unpaired) electrons. The van der Waals surface area contributed by atoms with E-state index in [0.717, 1.165) is 11.3 Å². The van der Waals surface area contributed by atoms with Crippen LogP contribution in [0.1, 0.15) is 21.6 Å². The third kappa shape index (κ3) is 3.56. The summed E-state index contributed by atoms with van der Waals surface area (Å²) in [6.45, 7) is 1.84. The number of aromatic carboxylic acids is 1. The van der Waals surface area contributed by atoms with E-state index in [-0.39, 0.29) is 11.3 Å². The van der Waals surface area contributed by atoms with Crippen molar-refractivity contribution in [3.63, 3.8) is 0 Å². The lowest BCUT2D eigenvalue weighted by Crippen LogP contribution is -2.11. The van der Waals surface area contributed by atoms with Gasteiger partial charge in [0, 0.05) is 24.9 Å². The smallest absolute Gasteiger partial charge is 0.337 e. The first-order valence-corrected chi connectivity index (χ1v) is 6.29. The molecule has 0 atom stereocenters. The van der Waals surface area contributed by atoms with Crippen molar-refractivity contribution in [1.82, 2.24) is 9.78 Å². The molecule has 2 rings (SSSR count). The number of aromatic nitrogens is 2. The third-order valence-electron chi connectivity index (χ3n) is 2.88. The quantitative estimate of drug-likeness (QED) is 0.842. The molecule has 1 amide bonds. The highest BCUT2D eigenvalue weighted by molar-refractivity contribution is 6.06. The zero-order chi connectivity index (χ0) is 15.4. The summed E-state index contributed by atoms with van der Waals surface area (Å²) in [6.07, 6.45) is 4.79. The molecule has 0 bridgehead atoms. The van der Waals surface area contributed by atoms with E-state index in [9.17, 15) is 9.59 Å². The number of nitrogens with zero attached hydrogens (tertiary/aromatic N) is 2. The van der Waals surface area contributed by atoms with Gasteiger partial charge in [-0.3, -0.25) is 9.48 Å². The van der Waals surface area contributed by atoms with Crippen LogP contribution in [0.3, 0.4) is 0 Å². The Morgan fingerprint density at radius 3 is 2.67 bits per heavy atom. The lowest BCUT2D eigenvalue weighted by atomic mass is 10.2. The third-order valence-corrected chi connectivity index (χ3v) is 2.88. The van der Waals surface area contributed by atoms with Gasteiger partial charge in [-0.05, 0) is 25.1 Å². The molecule has 0 unspecified atom stereocenters. The number of amides is 1. The summed E-state index contributed by atoms with van der Waals surface area (Å²) < 4.78 is 1.66. The van der Waals surface area contributed by atoms with Crippen molar-refractivity contribution in [3.8, 4) is 0 Å². The Bertz CT molecular complexity index is 717. The number of rotatable bonds is 4. The van der Waals surface area contributed by atoms with Gasteiger partial charge in [0.25, 0.3) is 0 Å². The standard InChI is InChI=1S/C15H15N3O3/c1-10-11(9-18(2)17-10)7-8-14(19)16-13-6-4-3-5-12(13)15(20)21/h3-9H,1-2H3,(H,16,19)(H,20,21). The number of carboxylic acids is 1. The Labute approximate surface area is 121 Å². The Morgan fingerprint density at radius 2 is 2.05 bits per heavy atom. The van der Waals surface area contributed by atoms with Crippen LogP contribution in [0.5, 0.6) is 0 Å². The first-order chi connectivity index (χ1) is 9.97. The number of para-hydroxylation sites is 1. The monoisotopic (exact) mass is 285 g/mol. The van der Waals surface area contributed by atoms with Gasteiger partial charge in [-0.15, -0.1) is 0 Å². The van der Waals surface area contributed by atoms with Crippen LogP contribution in [-0.2, 0) is 11.8 Å². The van der Waals surface area contributed by atoms with Crippen LogP contribution in [0, 0.1) is 6.92 Å². The second-order valence-electron chi connectivity index (χ2n) is 4.52. The number of benzene rings is 1. The van der Waals surface area contributed by atoms with Crippen molar-refractivity contribution in [3.05, 3.63) is 53.4 Å². The first-order valence-electron chi connectivity index (χ1n) is 6.29. The van der Waals surface area contributed by atoms with Gasteiger partial charge in [0.05, 0.1) is 16.9 Å². The summed E-state index contributed by atoms with van der Waals surface area (Å²) in [5.74, 6) is -1.48. The van der Waals surface area contributed by atoms with E-state index in [0.29, 0.717) is 0 Å². The van der Waals surface area contributed by atoms with Crippen LogP contribution in [-0.4, -0.2) is 26.8 Å². The molecule has 6 heteroatoms. The van der Waals surface area contributed by atoms with Gasteiger partial charge >= 0.3 is 5.97 Å². The molecule has 1 aromatic carbocycles. The summed E-state index contributed by atoms with van der Waals surface area (Å²) in [7, 11) is 1.80. The van der Waals surface area contributed by atoms with Crippen LogP contribution in [0.2, 0.25) is 0 Å². The molecular formula is C15H15N3O3. The summed E-state index contributed by atoms with van der Waals surface area (Å²) >= 11 is 0. The van der Waals surface area contributed by atoms with Crippen molar-refractivity contribution >= 4 is 23.6 Å². The molecule has 2 N–H and O–H groups in total. The van der Waals surface area contributed by atoms with Gasteiger partial charge < -0.3 is 10.4 Å². The van der Waals surface area contributed by atoms with E-state index >= 15 is 0 Å². The van der Waals surface area contributed by atoms with Gasteiger partial charge in [0.2, 0.25) is 5.91 Å². The maximum Gasteiger partial charge on any atom is 0.337 e. The van der Waals surface area contributed by atoms with Crippen molar-refractivity contribution in [2.45, 2.75) is 6.92 Å². The second kappa shape index (κ2) is 6.04. The number of carbonyl (C=O) groups excluding carboxylic acids is 1. The summed E-state index contributed by atoms with van der Waals surface area (Å²) in [6, 6.07) is 6.25. The van der Waals surface area contributed by atoms with Crippen LogP contribution < -0.4 is 5.32 Å². The fourth-order valence-electron chi connectivity index (χ4n) is 1.90. The molecule has 108 valence electrons. The molecule has 0 saturated carbocycles. The van der Waals surface area contributed by atoms with E-state index in [2.05, 4.69) is 10.4 Å². The Balaban J connectivity index is 2.12. The van der Waals surface area contributed by atoms with Gasteiger partial charge in [-0.2, -0.15) is 5.10 Å². The normalized spacial score (nSPS) is 10.8. The van der Waals surface area contributed by atoms with Crippen molar-refractivity contribution in [2.75, 3.05) is 5.32 Å². The molecule has 2 aromatic rings. The minimum absolute atomic E-state index is 0.0526. The van der Waals surface area contributed by atoms with Gasteiger partial charge in [0.15, 0.2) is 0 Å². The summed E-state index contributed by atoms with van der Waals surface area (Å²) in [5, 5.41) is 15.8. The maximum atomic E-state index is 11.9. The van der Waals surface area contributed by atoms with Gasteiger partial charge in [-0.1, -0.05) is 12.1 Å². The van der Waals surface area contributed by atoms with E-state index in [1.54, 1.807) is 42.2 Å². The highest BCUT2D eigenvalue weighted by Crippen LogP contribution is 2.15. The van der Waals surface area contributed by atoms with E-state index in [1.807, 2.05) is 6.92 Å². The van der Waals surface area contributed by atoms with Gasteiger partial charge in [0.1, 0.15) is 0 Å². The van der Waals surface area contributed by atoms with Crippen molar-refractivity contribution in [2.24, 2.45) is 7.05 Å². The molecule has 0 aliphatic rings. The topological polar surface area (TPSA) is 84.2 Å². The largest absolute Gasteiger partial charge is 0.478 e. The predicted molar refractivity (Wildman–Crippen MR) is 79.0 cm³/mol. The van der Waals surface area contributed by atoms with Crippen molar-refractivity contribution in [1.29, 1.82) is 0 Å². The Morgan fingerprint density at radius 1 is 1.33 bits per heavy atom. The lowest BCUT2D eigenvalue weighted by molar-refractivity contribution is -0.111. The number of nitrogens with one attached hydrogen (secondary N) is 1. The van der Waals surface area contributed by atoms with Crippen LogP contribution in [0.4, 0.5) is 5.69 Å². The fourth-order valence-corrected chi connectivity index (χ4v) is 1.90. The maximum absolute atomic E-state index is 11.9. The van der Waals surface area contributed by atoms with E-state index in [1.165, 1.54) is 12.1 Å². The SMILES string of the molecule is Cc1nn(C)cc1C=CC(=O)Nc1ccccc1C(=O)O. The molecule has 0 aliphatic carbocycles. The predicted octanol–water partition coefficient (Wildman–Crippen LogP) is 2.08. The average molecular weight is 285 g/mol. The van der Waals surface area contributed by atoms with Crippen LogP contribution in [0.15, 0.2) is 36.5 Å². The number of hydrogen-bond donors (Lipinski definition) is 2. The number of aryl methyl sites for hydroxylation is 2. The summed E-state index contributed by atoms with van der Waals surface area (Å²) in [5.41, 5.74) is 1.96. The zero-order valence-corrected chi connectivity index (χ0v) is 11.7. The second-order valence-corrected chi connectivity index (χ2v) is 4.52. The van der Waals surface area contributed by atoms with E-state index < -0.39 is 11.9 Å². The van der Waals surface area contributed by atoms with Crippen LogP contribution in [0.25, 0.3) is 6.08 Å². The Kier molecular flexibility index (Phi) is 4.18. The number of carboxylic acid groups (broad SMARTS) is 1. The number of carbonyl (C=O) groups is 2. The molecular weight excluding hydrogens is 270 g/mol. The Hall–Kier alpha value is -2.89.